The molecule has 0 atom stereocenters. The summed E-state index contributed by atoms with van der Waals surface area (Å²) in [6.45, 7) is 0. The summed E-state index contributed by atoms with van der Waals surface area (Å²) in [4.78, 5) is 17.7. The highest BCUT2D eigenvalue weighted by molar-refractivity contribution is 8.52. The number of unbranched alkanes of at least 4 members (excludes halogenated alkanes) is 9. The maximum absolute atomic E-state index is 8.84. The summed E-state index contributed by atoms with van der Waals surface area (Å²) in [5, 5.41) is 0. The van der Waals surface area contributed by atoms with Gasteiger partial charge in [-0.15, -0.1) is 0 Å². The molecule has 0 aromatic heterocycles. The zero-order valence-corrected chi connectivity index (χ0v) is 19.3. The topological polar surface area (TPSA) is 40.5 Å². The molecule has 2 aromatic rings. The Morgan fingerprint density at radius 2 is 1.00 bits per heavy atom. The second kappa shape index (κ2) is 15.9. The van der Waals surface area contributed by atoms with Crippen LogP contribution in [0.15, 0.2) is 60.7 Å². The van der Waals surface area contributed by atoms with E-state index in [0.717, 1.165) is 12.2 Å². The summed E-state index contributed by atoms with van der Waals surface area (Å²) >= 11 is 1.29. The molecule has 2 aromatic carbocycles. The normalized spacial score (nSPS) is 11.4. The predicted molar refractivity (Wildman–Crippen MR) is 129 cm³/mol. The van der Waals surface area contributed by atoms with E-state index in [1.54, 1.807) is 0 Å². The Kier molecular flexibility index (Phi) is 13.4. The maximum Gasteiger partial charge on any atom is 0.232 e. The summed E-state index contributed by atoms with van der Waals surface area (Å²) in [5.41, 5.74) is 2.87. The van der Waals surface area contributed by atoms with Gasteiger partial charge in [0.15, 0.2) is 0 Å². The van der Waals surface area contributed by atoms with Crippen molar-refractivity contribution in [3.8, 4) is 0 Å². The first-order valence-corrected chi connectivity index (χ1v) is 14.0. The van der Waals surface area contributed by atoms with Gasteiger partial charge in [0.05, 0.1) is 0 Å². The highest BCUT2D eigenvalue weighted by Crippen LogP contribution is 2.41. The Labute approximate surface area is 182 Å². The first-order chi connectivity index (χ1) is 14.3. The first-order valence-electron chi connectivity index (χ1n) is 11.2. The molecule has 0 fully saturated rings. The number of benzene rings is 2. The van der Waals surface area contributed by atoms with E-state index in [-0.39, 0.29) is 0 Å². The van der Waals surface area contributed by atoms with E-state index >= 15 is 0 Å². The van der Waals surface area contributed by atoms with Crippen molar-refractivity contribution in [1.82, 2.24) is 0 Å². The molecule has 2 N–H and O–H groups in total. The minimum absolute atomic E-state index is 0.517. The molecule has 2 nitrogen and oxygen atoms in total. The molecule has 0 amide bonds. The van der Waals surface area contributed by atoms with Crippen molar-refractivity contribution >= 4 is 19.0 Å². The summed E-state index contributed by atoms with van der Waals surface area (Å²) in [5.74, 6) is 1.40. The predicted octanol–water partition coefficient (Wildman–Crippen LogP) is 8.05. The van der Waals surface area contributed by atoms with Crippen LogP contribution in [0.2, 0.25) is 0 Å². The summed E-state index contributed by atoms with van der Waals surface area (Å²) in [6.07, 6.45) is 14.2. The second-order valence-electron chi connectivity index (χ2n) is 7.78. The molecular formula is C25H37O2PS. The van der Waals surface area contributed by atoms with Crippen LogP contribution in [0, 0.1) is 0 Å². The van der Waals surface area contributed by atoms with Crippen molar-refractivity contribution in [1.29, 1.82) is 0 Å². The van der Waals surface area contributed by atoms with Crippen LogP contribution in [0.25, 0.3) is 0 Å². The lowest BCUT2D eigenvalue weighted by Crippen LogP contribution is -2.01. The van der Waals surface area contributed by atoms with Gasteiger partial charge in [-0.25, -0.2) is 0 Å². The molecule has 0 heterocycles. The first kappa shape index (κ1) is 24.4. The monoisotopic (exact) mass is 432 g/mol. The summed E-state index contributed by atoms with van der Waals surface area (Å²) in [7, 11) is -1.75. The van der Waals surface area contributed by atoms with E-state index in [1.165, 1.54) is 86.7 Å². The standard InChI is InChI=1S/C25H37O2PS/c26-28(27)29-22-16-8-6-4-2-1-3-5-7-15-21-25(23-17-11-9-12-18-23)24-19-13-10-14-20-24/h9-14,17-20,25-27H,1-8,15-16,21-22H2. The molecule has 0 aliphatic heterocycles. The minimum atomic E-state index is -1.75. The van der Waals surface area contributed by atoms with Gasteiger partial charge in [-0.05, 0) is 24.0 Å². The minimum Gasteiger partial charge on any atom is -0.342 e. The highest BCUT2D eigenvalue weighted by atomic mass is 32.7. The Morgan fingerprint density at radius 3 is 1.45 bits per heavy atom. The van der Waals surface area contributed by atoms with E-state index in [9.17, 15) is 0 Å². The fourth-order valence-corrected chi connectivity index (χ4v) is 5.28. The summed E-state index contributed by atoms with van der Waals surface area (Å²) < 4.78 is 0. The largest absolute Gasteiger partial charge is 0.342 e. The lowest BCUT2D eigenvalue weighted by atomic mass is 9.87. The third kappa shape index (κ3) is 11.2. The Balaban J connectivity index is 1.53. The second-order valence-corrected chi connectivity index (χ2v) is 10.7. The van der Waals surface area contributed by atoms with Gasteiger partial charge in [-0.2, -0.15) is 0 Å². The molecule has 0 aliphatic rings. The van der Waals surface area contributed by atoms with E-state index < -0.39 is 7.58 Å². The van der Waals surface area contributed by atoms with Gasteiger partial charge in [0, 0.05) is 11.7 Å². The number of rotatable bonds is 16. The fraction of sp³-hybridized carbons (Fsp3) is 0.520. The highest BCUT2D eigenvalue weighted by Gasteiger charge is 2.13. The van der Waals surface area contributed by atoms with Gasteiger partial charge in [0.1, 0.15) is 0 Å². The molecule has 160 valence electrons. The SMILES string of the molecule is OP(O)SCCCCCCCCCCCCC(c1ccccc1)c1ccccc1. The lowest BCUT2D eigenvalue weighted by Gasteiger charge is -2.18. The van der Waals surface area contributed by atoms with Crippen molar-refractivity contribution in [3.63, 3.8) is 0 Å². The zero-order chi connectivity index (χ0) is 20.6. The van der Waals surface area contributed by atoms with Gasteiger partial charge >= 0.3 is 0 Å². The van der Waals surface area contributed by atoms with Crippen molar-refractivity contribution in [2.75, 3.05) is 5.75 Å². The van der Waals surface area contributed by atoms with Gasteiger partial charge in [0.2, 0.25) is 7.58 Å². The average molecular weight is 433 g/mol. The van der Waals surface area contributed by atoms with Crippen LogP contribution in [0.5, 0.6) is 0 Å². The van der Waals surface area contributed by atoms with Gasteiger partial charge in [0.25, 0.3) is 0 Å². The molecule has 0 saturated heterocycles. The van der Waals surface area contributed by atoms with E-state index in [0.29, 0.717) is 5.92 Å². The molecule has 0 radical (unpaired) electrons. The van der Waals surface area contributed by atoms with Crippen molar-refractivity contribution < 1.29 is 9.79 Å². The molecule has 4 heteroatoms. The van der Waals surface area contributed by atoms with Crippen LogP contribution in [0.3, 0.4) is 0 Å². The smallest absolute Gasteiger partial charge is 0.232 e. The molecule has 0 spiro atoms. The van der Waals surface area contributed by atoms with Crippen molar-refractivity contribution in [3.05, 3.63) is 71.8 Å². The third-order valence-electron chi connectivity index (χ3n) is 5.50. The van der Waals surface area contributed by atoms with Crippen molar-refractivity contribution in [2.24, 2.45) is 0 Å². The molecule has 2 rings (SSSR count). The van der Waals surface area contributed by atoms with Crippen LogP contribution >= 0.6 is 19.0 Å². The van der Waals surface area contributed by atoms with Crippen LogP contribution in [0.4, 0.5) is 0 Å². The van der Waals surface area contributed by atoms with Gasteiger partial charge in [-0.1, -0.05) is 130 Å². The molecule has 0 bridgehead atoms. The van der Waals surface area contributed by atoms with E-state index in [4.69, 9.17) is 9.79 Å². The number of hydrogen-bond acceptors (Lipinski definition) is 3. The van der Waals surface area contributed by atoms with Crippen LogP contribution in [0.1, 0.15) is 87.7 Å². The van der Waals surface area contributed by atoms with E-state index in [1.807, 2.05) is 0 Å². The zero-order valence-electron chi connectivity index (χ0n) is 17.6. The Hall–Kier alpha value is -0.860. The third-order valence-corrected chi connectivity index (χ3v) is 7.44. The summed E-state index contributed by atoms with van der Waals surface area (Å²) in [6, 6.07) is 21.9. The lowest BCUT2D eigenvalue weighted by molar-refractivity contribution is 0.505. The van der Waals surface area contributed by atoms with Gasteiger partial charge < -0.3 is 9.79 Å². The van der Waals surface area contributed by atoms with Crippen molar-refractivity contribution in [2.45, 2.75) is 76.5 Å². The fourth-order valence-electron chi connectivity index (χ4n) is 3.91. The number of hydrogen-bond donors (Lipinski definition) is 2. The van der Waals surface area contributed by atoms with Crippen LogP contribution < -0.4 is 0 Å². The molecule has 29 heavy (non-hydrogen) atoms. The van der Waals surface area contributed by atoms with Crippen LogP contribution in [-0.2, 0) is 0 Å². The van der Waals surface area contributed by atoms with Crippen LogP contribution in [-0.4, -0.2) is 15.5 Å². The molecule has 0 unspecified atom stereocenters. The van der Waals surface area contributed by atoms with E-state index in [2.05, 4.69) is 60.7 Å². The Bertz CT molecular complexity index is 582. The van der Waals surface area contributed by atoms with Gasteiger partial charge in [-0.3, -0.25) is 0 Å². The molecular weight excluding hydrogens is 395 g/mol. The quantitative estimate of drug-likeness (QED) is 0.208. The Morgan fingerprint density at radius 1 is 0.586 bits per heavy atom. The molecule has 0 saturated carbocycles. The average Bonchev–Trinajstić information content (AvgIpc) is 2.75. The molecule has 0 aliphatic carbocycles. The maximum atomic E-state index is 8.84.